The fourth-order valence-electron chi connectivity index (χ4n) is 3.65. The Morgan fingerprint density at radius 3 is 2.83 bits per heavy atom. The second-order valence-electron chi connectivity index (χ2n) is 6.13. The van der Waals surface area contributed by atoms with Crippen LogP contribution >= 0.6 is 0 Å². The molecule has 124 valence electrons. The summed E-state index contributed by atoms with van der Waals surface area (Å²) < 4.78 is 31.7. The van der Waals surface area contributed by atoms with Gasteiger partial charge in [-0.05, 0) is 35.8 Å². The van der Waals surface area contributed by atoms with E-state index in [1.165, 1.54) is 11.0 Å². The molecule has 8 heteroatoms. The van der Waals surface area contributed by atoms with Crippen LogP contribution in [0.4, 0.5) is 20.6 Å². The maximum Gasteiger partial charge on any atom is 0.414 e. The molecule has 3 heterocycles. The van der Waals surface area contributed by atoms with Crippen LogP contribution in [-0.4, -0.2) is 47.0 Å². The molecule has 2 N–H and O–H groups in total. The predicted molar refractivity (Wildman–Crippen MR) is 85.4 cm³/mol. The molecule has 2 bridgehead atoms. The molecule has 0 aromatic heterocycles. The number of ether oxygens (including phenoxy) is 1. The van der Waals surface area contributed by atoms with Gasteiger partial charge in [0.15, 0.2) is 5.37 Å². The summed E-state index contributed by atoms with van der Waals surface area (Å²) in [6.45, 7) is 0.568. The predicted octanol–water partition coefficient (Wildman–Crippen LogP) is 1.17. The summed E-state index contributed by atoms with van der Waals surface area (Å²) in [5.74, 6) is 0.213. The van der Waals surface area contributed by atoms with Crippen molar-refractivity contribution >= 4 is 28.6 Å². The first-order valence-electron chi connectivity index (χ1n) is 7.71. The number of cyclic esters (lactones) is 1. The third-order valence-electron chi connectivity index (χ3n) is 4.77. The maximum atomic E-state index is 14.6. The average Bonchev–Trinajstić information content (AvgIpc) is 3.19. The van der Waals surface area contributed by atoms with E-state index in [2.05, 4.69) is 0 Å². The number of nitrogens with zero attached hydrogens (tertiary/aromatic N) is 2. The van der Waals surface area contributed by atoms with Crippen LogP contribution in [0.5, 0.6) is 0 Å². The van der Waals surface area contributed by atoms with Crippen molar-refractivity contribution in [2.45, 2.75) is 30.4 Å². The van der Waals surface area contributed by atoms with Gasteiger partial charge in [0.25, 0.3) is 0 Å². The zero-order valence-electron chi connectivity index (χ0n) is 12.5. The standard InChI is InChI=1S/C15H18FN3O3S/c16-12-5-9(18-7-11(6-17)22-15(18)20)1-3-13(12)19-10-2-4-14(19)23(21)8-10/h1,3,5,10-11,14H,2,4,6-8,17H2/t10?,11-,14?,23?/m0/s1. The lowest BCUT2D eigenvalue weighted by Gasteiger charge is -2.23. The molecule has 3 fully saturated rings. The second kappa shape index (κ2) is 5.54. The topological polar surface area (TPSA) is 81.9 Å². The lowest BCUT2D eigenvalue weighted by atomic mass is 10.2. The van der Waals surface area contributed by atoms with E-state index in [9.17, 15) is 13.7 Å². The minimum absolute atomic E-state index is 0.0845. The number of anilines is 2. The Morgan fingerprint density at radius 1 is 1.43 bits per heavy atom. The highest BCUT2D eigenvalue weighted by Gasteiger charge is 2.50. The van der Waals surface area contributed by atoms with Gasteiger partial charge in [-0.15, -0.1) is 0 Å². The van der Waals surface area contributed by atoms with Crippen molar-refractivity contribution in [3.8, 4) is 0 Å². The number of carbonyl (C=O) groups is 1. The number of halogens is 1. The lowest BCUT2D eigenvalue weighted by Crippen LogP contribution is -2.31. The van der Waals surface area contributed by atoms with Crippen molar-refractivity contribution in [3.63, 3.8) is 0 Å². The van der Waals surface area contributed by atoms with Crippen molar-refractivity contribution in [2.75, 3.05) is 28.6 Å². The molecule has 3 saturated heterocycles. The van der Waals surface area contributed by atoms with E-state index in [4.69, 9.17) is 10.5 Å². The molecule has 3 aliphatic heterocycles. The van der Waals surface area contributed by atoms with E-state index >= 15 is 0 Å². The monoisotopic (exact) mass is 339 g/mol. The molecule has 0 aliphatic carbocycles. The Balaban J connectivity index is 1.60. The van der Waals surface area contributed by atoms with Crippen LogP contribution in [0.15, 0.2) is 18.2 Å². The van der Waals surface area contributed by atoms with Crippen LogP contribution in [0.3, 0.4) is 0 Å². The Kier molecular flexibility index (Phi) is 3.62. The molecule has 0 spiro atoms. The molecule has 1 aromatic rings. The Morgan fingerprint density at radius 2 is 2.26 bits per heavy atom. The summed E-state index contributed by atoms with van der Waals surface area (Å²) >= 11 is -0.908. The van der Waals surface area contributed by atoms with E-state index in [-0.39, 0.29) is 24.1 Å². The largest absolute Gasteiger partial charge is 0.615 e. The van der Waals surface area contributed by atoms with Crippen molar-refractivity contribution in [2.24, 2.45) is 5.73 Å². The molecule has 3 unspecified atom stereocenters. The van der Waals surface area contributed by atoms with Gasteiger partial charge in [-0.2, -0.15) is 0 Å². The summed E-state index contributed by atoms with van der Waals surface area (Å²) in [7, 11) is 0. The number of fused-ring (bicyclic) bond motifs is 2. The number of rotatable bonds is 3. The summed E-state index contributed by atoms with van der Waals surface area (Å²) in [4.78, 5) is 15.2. The van der Waals surface area contributed by atoms with Gasteiger partial charge in [-0.3, -0.25) is 4.90 Å². The molecule has 1 amide bonds. The highest BCUT2D eigenvalue weighted by molar-refractivity contribution is 7.92. The first-order chi connectivity index (χ1) is 11.1. The molecular formula is C15H18FN3O3S. The highest BCUT2D eigenvalue weighted by atomic mass is 32.2. The van der Waals surface area contributed by atoms with E-state index in [1.54, 1.807) is 12.1 Å². The second-order valence-corrected chi connectivity index (χ2v) is 7.77. The van der Waals surface area contributed by atoms with Crippen molar-refractivity contribution in [1.29, 1.82) is 0 Å². The normalized spacial score (nSPS) is 32.7. The number of nitrogens with two attached hydrogens (primary N) is 1. The molecule has 1 aromatic carbocycles. The molecule has 23 heavy (non-hydrogen) atoms. The fraction of sp³-hybridized carbons (Fsp3) is 0.533. The molecular weight excluding hydrogens is 321 g/mol. The summed E-state index contributed by atoms with van der Waals surface area (Å²) in [6, 6.07) is 4.87. The first-order valence-corrected chi connectivity index (χ1v) is 9.10. The molecule has 0 saturated carbocycles. The number of hydrogen-bond donors (Lipinski definition) is 1. The SMILES string of the molecule is NC[C@H]1CN(c2ccc(N3C4CCC3[S+]([O-])C4)c(F)c2)C(=O)O1. The van der Waals surface area contributed by atoms with E-state index in [0.29, 0.717) is 23.7 Å². The minimum atomic E-state index is -0.908. The van der Waals surface area contributed by atoms with Crippen molar-refractivity contribution < 1.29 is 18.5 Å². The number of benzene rings is 1. The molecule has 4 atom stereocenters. The lowest BCUT2D eigenvalue weighted by molar-refractivity contribution is 0.145. The van der Waals surface area contributed by atoms with Gasteiger partial charge in [0, 0.05) is 13.0 Å². The van der Waals surface area contributed by atoms with Crippen LogP contribution in [0, 0.1) is 5.82 Å². The van der Waals surface area contributed by atoms with Gasteiger partial charge < -0.3 is 19.9 Å². The van der Waals surface area contributed by atoms with Gasteiger partial charge >= 0.3 is 6.09 Å². The molecule has 6 nitrogen and oxygen atoms in total. The van der Waals surface area contributed by atoms with Gasteiger partial charge in [0.2, 0.25) is 0 Å². The molecule has 3 aliphatic rings. The van der Waals surface area contributed by atoms with Crippen molar-refractivity contribution in [1.82, 2.24) is 0 Å². The van der Waals surface area contributed by atoms with E-state index in [0.717, 1.165) is 12.8 Å². The molecule has 0 radical (unpaired) electrons. The van der Waals surface area contributed by atoms with Crippen LogP contribution in [0.2, 0.25) is 0 Å². The third-order valence-corrected chi connectivity index (χ3v) is 6.55. The quantitative estimate of drug-likeness (QED) is 0.836. The Labute approximate surface area is 136 Å². The zero-order chi connectivity index (χ0) is 16.1. The summed E-state index contributed by atoms with van der Waals surface area (Å²) in [6.07, 6.45) is 0.931. The average molecular weight is 339 g/mol. The smallest absolute Gasteiger partial charge is 0.414 e. The van der Waals surface area contributed by atoms with Gasteiger partial charge in [-0.1, -0.05) is 0 Å². The van der Waals surface area contributed by atoms with Gasteiger partial charge in [-0.25, -0.2) is 9.18 Å². The third kappa shape index (κ3) is 2.36. The van der Waals surface area contributed by atoms with Crippen LogP contribution in [0.1, 0.15) is 12.8 Å². The summed E-state index contributed by atoms with van der Waals surface area (Å²) in [5, 5.41) is -0.0845. The Hall–Kier alpha value is -1.51. The van der Waals surface area contributed by atoms with Crippen LogP contribution in [-0.2, 0) is 15.9 Å². The minimum Gasteiger partial charge on any atom is -0.615 e. The number of carbonyl (C=O) groups excluding carboxylic acids is 1. The van der Waals surface area contributed by atoms with E-state index in [1.807, 2.05) is 4.90 Å². The van der Waals surface area contributed by atoms with Gasteiger partial charge in [0.1, 0.15) is 17.7 Å². The summed E-state index contributed by atoms with van der Waals surface area (Å²) in [5.41, 5.74) is 6.44. The number of amides is 1. The van der Waals surface area contributed by atoms with E-state index < -0.39 is 23.1 Å². The Bertz CT molecular complexity index is 646. The number of hydrogen-bond acceptors (Lipinski definition) is 5. The zero-order valence-corrected chi connectivity index (χ0v) is 13.3. The van der Waals surface area contributed by atoms with Crippen LogP contribution in [0.25, 0.3) is 0 Å². The van der Waals surface area contributed by atoms with Crippen LogP contribution < -0.4 is 15.5 Å². The maximum absolute atomic E-state index is 14.6. The molecule has 4 rings (SSSR count). The fourth-order valence-corrected chi connectivity index (χ4v) is 5.52. The van der Waals surface area contributed by atoms with Crippen molar-refractivity contribution in [3.05, 3.63) is 24.0 Å². The van der Waals surface area contributed by atoms with Gasteiger partial charge in [0.05, 0.1) is 24.0 Å². The highest BCUT2D eigenvalue weighted by Crippen LogP contribution is 2.42. The first kappa shape index (κ1) is 15.0.